The Labute approximate surface area is 164 Å². The average Bonchev–Trinajstić information content (AvgIpc) is 3.16. The van der Waals surface area contributed by atoms with Crippen LogP contribution in [-0.2, 0) is 4.79 Å². The summed E-state index contributed by atoms with van der Waals surface area (Å²) in [4.78, 5) is 23.1. The van der Waals surface area contributed by atoms with E-state index in [-0.39, 0.29) is 12.5 Å². The summed E-state index contributed by atoms with van der Waals surface area (Å²) in [7, 11) is 0. The van der Waals surface area contributed by atoms with E-state index >= 15 is 0 Å². The molecule has 0 aliphatic carbocycles. The van der Waals surface area contributed by atoms with Crippen molar-refractivity contribution in [3.05, 3.63) is 47.9 Å². The number of piperidine rings is 1. The van der Waals surface area contributed by atoms with Crippen molar-refractivity contribution in [3.63, 3.8) is 0 Å². The van der Waals surface area contributed by atoms with Gasteiger partial charge < -0.3 is 9.64 Å². The van der Waals surface area contributed by atoms with Crippen molar-refractivity contribution in [3.8, 4) is 5.75 Å². The summed E-state index contributed by atoms with van der Waals surface area (Å²) < 4.78 is 5.84. The number of likely N-dealkylation sites (tertiary alicyclic amines) is 1. The van der Waals surface area contributed by atoms with E-state index in [0.29, 0.717) is 30.6 Å². The molecule has 1 aliphatic rings. The van der Waals surface area contributed by atoms with Gasteiger partial charge in [0.2, 0.25) is 0 Å². The van der Waals surface area contributed by atoms with E-state index in [1.165, 1.54) is 0 Å². The van der Waals surface area contributed by atoms with Crippen LogP contribution in [0.25, 0.3) is 11.2 Å². The van der Waals surface area contributed by atoms with Gasteiger partial charge >= 0.3 is 0 Å². The van der Waals surface area contributed by atoms with Crippen molar-refractivity contribution >= 4 is 17.1 Å². The summed E-state index contributed by atoms with van der Waals surface area (Å²) in [5, 5.41) is 7.32. The van der Waals surface area contributed by atoms with E-state index < -0.39 is 0 Å². The molecule has 1 amide bonds. The molecule has 146 valence electrons. The van der Waals surface area contributed by atoms with E-state index in [2.05, 4.69) is 34.0 Å². The van der Waals surface area contributed by atoms with Crippen LogP contribution in [0.3, 0.4) is 0 Å². The third-order valence-electron chi connectivity index (χ3n) is 5.36. The van der Waals surface area contributed by atoms with Crippen LogP contribution >= 0.6 is 0 Å². The quantitative estimate of drug-likeness (QED) is 0.736. The van der Waals surface area contributed by atoms with Gasteiger partial charge in [0.05, 0.1) is 5.69 Å². The van der Waals surface area contributed by atoms with Gasteiger partial charge in [-0.3, -0.25) is 9.89 Å². The van der Waals surface area contributed by atoms with Crippen LogP contribution in [0.5, 0.6) is 5.75 Å². The minimum atomic E-state index is 0.0336. The van der Waals surface area contributed by atoms with E-state index in [1.54, 1.807) is 12.4 Å². The van der Waals surface area contributed by atoms with Crippen molar-refractivity contribution < 1.29 is 9.53 Å². The topological polar surface area (TPSA) is 84.0 Å². The number of amides is 1. The van der Waals surface area contributed by atoms with Gasteiger partial charge in [0, 0.05) is 31.4 Å². The molecule has 3 aromatic rings. The van der Waals surface area contributed by atoms with Gasteiger partial charge in [0.25, 0.3) is 5.91 Å². The fourth-order valence-electron chi connectivity index (χ4n) is 3.79. The standard InChI is InChI=1S/C21H25N5O2/c1-14(2)16-5-3-4-6-17(16)28-13-18(27)26-11-7-15(8-12-26)19-20-21(25-24-19)23-10-9-22-20/h3-6,9-10,14-15H,7-8,11-13H2,1-2H3,(H,23,24,25). The number of benzene rings is 1. The molecule has 1 N–H and O–H groups in total. The van der Waals surface area contributed by atoms with Gasteiger partial charge in [0.1, 0.15) is 11.3 Å². The Morgan fingerprint density at radius 3 is 2.75 bits per heavy atom. The summed E-state index contributed by atoms with van der Waals surface area (Å²) in [6.45, 7) is 5.74. The van der Waals surface area contributed by atoms with Crippen LogP contribution in [0.2, 0.25) is 0 Å². The number of nitrogens with zero attached hydrogens (tertiary/aromatic N) is 4. The SMILES string of the molecule is CC(C)c1ccccc1OCC(=O)N1CCC(c2[nH]nc3nccnc23)CC1. The average molecular weight is 379 g/mol. The van der Waals surface area contributed by atoms with Gasteiger partial charge in [-0.1, -0.05) is 32.0 Å². The maximum atomic E-state index is 12.6. The van der Waals surface area contributed by atoms with Crippen LogP contribution in [0.4, 0.5) is 0 Å². The molecule has 0 unspecified atom stereocenters. The Bertz CT molecular complexity index is 960. The number of aromatic amines is 1. The minimum absolute atomic E-state index is 0.0336. The molecular formula is C21H25N5O2. The molecule has 0 bridgehead atoms. The maximum Gasteiger partial charge on any atom is 0.260 e. The van der Waals surface area contributed by atoms with E-state index in [0.717, 1.165) is 35.4 Å². The maximum absolute atomic E-state index is 12.6. The first kappa shape index (κ1) is 18.4. The van der Waals surface area contributed by atoms with Gasteiger partial charge in [-0.15, -0.1) is 0 Å². The fraction of sp³-hybridized carbons (Fsp3) is 0.429. The predicted octanol–water partition coefficient (Wildman–Crippen LogP) is 3.26. The number of rotatable bonds is 5. The van der Waals surface area contributed by atoms with Crippen molar-refractivity contribution in [2.45, 2.75) is 38.5 Å². The smallest absolute Gasteiger partial charge is 0.260 e. The summed E-state index contributed by atoms with van der Waals surface area (Å²) in [5.41, 5.74) is 3.63. The zero-order valence-electron chi connectivity index (χ0n) is 16.3. The molecule has 28 heavy (non-hydrogen) atoms. The molecule has 1 aromatic carbocycles. The first-order valence-corrected chi connectivity index (χ1v) is 9.78. The summed E-state index contributed by atoms with van der Waals surface area (Å²) in [6, 6.07) is 7.92. The molecule has 0 atom stereocenters. The number of para-hydroxylation sites is 1. The number of ether oxygens (including phenoxy) is 1. The molecule has 0 radical (unpaired) electrons. The Morgan fingerprint density at radius 1 is 1.21 bits per heavy atom. The zero-order chi connectivity index (χ0) is 19.5. The third kappa shape index (κ3) is 3.69. The molecule has 7 heteroatoms. The second-order valence-electron chi connectivity index (χ2n) is 7.50. The number of carbonyl (C=O) groups is 1. The Balaban J connectivity index is 1.34. The van der Waals surface area contributed by atoms with E-state index in [4.69, 9.17) is 4.74 Å². The first-order chi connectivity index (χ1) is 13.6. The lowest BCUT2D eigenvalue weighted by Crippen LogP contribution is -2.40. The van der Waals surface area contributed by atoms with Crippen molar-refractivity contribution in [1.29, 1.82) is 0 Å². The van der Waals surface area contributed by atoms with Crippen LogP contribution in [-0.4, -0.2) is 50.7 Å². The van der Waals surface area contributed by atoms with Crippen LogP contribution in [0.1, 0.15) is 49.8 Å². The molecule has 2 aromatic heterocycles. The highest BCUT2D eigenvalue weighted by atomic mass is 16.5. The second-order valence-corrected chi connectivity index (χ2v) is 7.50. The molecule has 4 rings (SSSR count). The number of fused-ring (bicyclic) bond motifs is 1. The van der Waals surface area contributed by atoms with Gasteiger partial charge in [-0.05, 0) is 30.4 Å². The second kappa shape index (κ2) is 7.96. The van der Waals surface area contributed by atoms with Gasteiger partial charge in [0.15, 0.2) is 12.3 Å². The molecule has 7 nitrogen and oxygen atoms in total. The van der Waals surface area contributed by atoms with E-state index in [9.17, 15) is 4.79 Å². The number of hydrogen-bond donors (Lipinski definition) is 1. The summed E-state index contributed by atoms with van der Waals surface area (Å²) in [5.74, 6) is 1.50. The van der Waals surface area contributed by atoms with Crippen LogP contribution in [0.15, 0.2) is 36.7 Å². The number of hydrogen-bond acceptors (Lipinski definition) is 5. The molecule has 0 saturated carbocycles. The first-order valence-electron chi connectivity index (χ1n) is 9.78. The molecular weight excluding hydrogens is 354 g/mol. The summed E-state index contributed by atoms with van der Waals surface area (Å²) >= 11 is 0. The van der Waals surface area contributed by atoms with Crippen LogP contribution in [0, 0.1) is 0 Å². The largest absolute Gasteiger partial charge is 0.483 e. The molecule has 3 heterocycles. The number of carbonyl (C=O) groups excluding carboxylic acids is 1. The number of H-pyrrole nitrogens is 1. The Morgan fingerprint density at radius 2 is 1.96 bits per heavy atom. The monoisotopic (exact) mass is 379 g/mol. The third-order valence-corrected chi connectivity index (χ3v) is 5.36. The lowest BCUT2D eigenvalue weighted by atomic mass is 9.93. The van der Waals surface area contributed by atoms with Crippen LogP contribution < -0.4 is 4.74 Å². The number of aromatic nitrogens is 4. The van der Waals surface area contributed by atoms with Crippen molar-refractivity contribution in [2.24, 2.45) is 0 Å². The zero-order valence-corrected chi connectivity index (χ0v) is 16.3. The number of nitrogens with one attached hydrogen (secondary N) is 1. The van der Waals surface area contributed by atoms with Gasteiger partial charge in [-0.2, -0.15) is 5.10 Å². The highest BCUT2D eigenvalue weighted by molar-refractivity contribution is 5.78. The molecule has 1 saturated heterocycles. The minimum Gasteiger partial charge on any atom is -0.483 e. The molecule has 0 spiro atoms. The van der Waals surface area contributed by atoms with Crippen molar-refractivity contribution in [2.75, 3.05) is 19.7 Å². The highest BCUT2D eigenvalue weighted by Crippen LogP contribution is 2.30. The lowest BCUT2D eigenvalue weighted by molar-refractivity contribution is -0.134. The fourth-order valence-corrected chi connectivity index (χ4v) is 3.79. The molecule has 1 fully saturated rings. The summed E-state index contributed by atoms with van der Waals surface area (Å²) in [6.07, 6.45) is 5.09. The van der Waals surface area contributed by atoms with E-state index in [1.807, 2.05) is 29.2 Å². The Kier molecular flexibility index (Phi) is 5.23. The normalized spacial score (nSPS) is 15.3. The van der Waals surface area contributed by atoms with Gasteiger partial charge in [-0.25, -0.2) is 9.97 Å². The van der Waals surface area contributed by atoms with Crippen molar-refractivity contribution in [1.82, 2.24) is 25.1 Å². The molecule has 1 aliphatic heterocycles. The lowest BCUT2D eigenvalue weighted by Gasteiger charge is -2.31. The predicted molar refractivity (Wildman–Crippen MR) is 106 cm³/mol. The Hall–Kier alpha value is -2.96. The highest BCUT2D eigenvalue weighted by Gasteiger charge is 2.27.